The Labute approximate surface area is 173 Å². The van der Waals surface area contributed by atoms with Crippen molar-refractivity contribution in [3.8, 4) is 0 Å². The molecule has 3 fully saturated rings. The van der Waals surface area contributed by atoms with Crippen LogP contribution in [0, 0.1) is 0 Å². The van der Waals surface area contributed by atoms with E-state index in [1.807, 2.05) is 0 Å². The molecule has 9 nitrogen and oxygen atoms in total. The van der Waals surface area contributed by atoms with Crippen LogP contribution in [-0.2, 0) is 19.2 Å². The van der Waals surface area contributed by atoms with Crippen molar-refractivity contribution in [3.05, 3.63) is 29.8 Å². The van der Waals surface area contributed by atoms with E-state index in [9.17, 15) is 24.0 Å². The standard InChI is InChI=1S/C21H22N4O5/c26-16-7-8-17(27)23(16)12-11-22-20(30)21-10-9-18(28)25(21)15-4-2-1-3-14(15)19(29)24(21)13-5-6-13/h1-4,13H,5-12H2,(H,22,30)/t21-/m0/s1. The first-order valence-corrected chi connectivity index (χ1v) is 10.3. The van der Waals surface area contributed by atoms with Crippen LogP contribution in [0.3, 0.4) is 0 Å². The molecular weight excluding hydrogens is 388 g/mol. The summed E-state index contributed by atoms with van der Waals surface area (Å²) in [7, 11) is 0. The fourth-order valence-electron chi connectivity index (χ4n) is 4.84. The van der Waals surface area contributed by atoms with Crippen molar-refractivity contribution in [1.29, 1.82) is 0 Å². The van der Waals surface area contributed by atoms with E-state index in [-0.39, 0.29) is 68.4 Å². The van der Waals surface area contributed by atoms with Crippen LogP contribution in [0.15, 0.2) is 24.3 Å². The van der Waals surface area contributed by atoms with E-state index >= 15 is 0 Å². The number of hydrogen-bond donors (Lipinski definition) is 1. The number of fused-ring (bicyclic) bond motifs is 3. The summed E-state index contributed by atoms with van der Waals surface area (Å²) in [6.45, 7) is 0.163. The minimum absolute atomic E-state index is 0.0771. The lowest BCUT2D eigenvalue weighted by molar-refractivity contribution is -0.139. The summed E-state index contributed by atoms with van der Waals surface area (Å²) in [5.41, 5.74) is -0.513. The molecule has 9 heteroatoms. The number of imide groups is 1. The van der Waals surface area contributed by atoms with E-state index in [0.29, 0.717) is 11.3 Å². The van der Waals surface area contributed by atoms with E-state index in [2.05, 4.69) is 5.32 Å². The van der Waals surface area contributed by atoms with Crippen LogP contribution in [0.2, 0.25) is 0 Å². The van der Waals surface area contributed by atoms with Gasteiger partial charge in [-0.05, 0) is 25.0 Å². The number of amides is 5. The second kappa shape index (κ2) is 6.65. The van der Waals surface area contributed by atoms with Gasteiger partial charge in [0.25, 0.3) is 11.8 Å². The predicted octanol–water partition coefficient (Wildman–Crippen LogP) is 0.393. The molecule has 1 aliphatic carbocycles. The lowest BCUT2D eigenvalue weighted by Crippen LogP contribution is -2.71. The van der Waals surface area contributed by atoms with Gasteiger partial charge in [-0.15, -0.1) is 0 Å². The molecule has 1 aromatic carbocycles. The van der Waals surface area contributed by atoms with Gasteiger partial charge < -0.3 is 10.2 Å². The zero-order valence-electron chi connectivity index (χ0n) is 16.4. The van der Waals surface area contributed by atoms with E-state index in [1.165, 1.54) is 4.90 Å². The fourth-order valence-corrected chi connectivity index (χ4v) is 4.84. The van der Waals surface area contributed by atoms with Gasteiger partial charge in [0, 0.05) is 44.8 Å². The quantitative estimate of drug-likeness (QED) is 0.707. The number of nitrogens with one attached hydrogen (secondary N) is 1. The van der Waals surface area contributed by atoms with Crippen molar-refractivity contribution in [2.75, 3.05) is 18.0 Å². The number of benzene rings is 1. The molecule has 3 heterocycles. The number of anilines is 1. The minimum Gasteiger partial charge on any atom is -0.351 e. The van der Waals surface area contributed by atoms with Crippen LogP contribution >= 0.6 is 0 Å². The van der Waals surface area contributed by atoms with Gasteiger partial charge in [0.15, 0.2) is 0 Å². The molecule has 1 aromatic rings. The Hall–Kier alpha value is -3.23. The van der Waals surface area contributed by atoms with Gasteiger partial charge in [-0.3, -0.25) is 33.8 Å². The Kier molecular flexibility index (Phi) is 4.16. The molecule has 0 bridgehead atoms. The van der Waals surface area contributed by atoms with E-state index < -0.39 is 11.6 Å². The van der Waals surface area contributed by atoms with Gasteiger partial charge in [-0.2, -0.15) is 0 Å². The number of hydrogen-bond acceptors (Lipinski definition) is 5. The Bertz CT molecular complexity index is 971. The van der Waals surface area contributed by atoms with Crippen LogP contribution in [0.5, 0.6) is 0 Å². The lowest BCUT2D eigenvalue weighted by Gasteiger charge is -2.49. The summed E-state index contributed by atoms with van der Waals surface area (Å²) in [5, 5.41) is 2.79. The Morgan fingerprint density at radius 3 is 2.40 bits per heavy atom. The SMILES string of the molecule is O=C1CCC(=O)N1CCNC(=O)[C@]12CCC(=O)N1c1ccccc1C(=O)N2C1CC1. The van der Waals surface area contributed by atoms with Gasteiger partial charge >= 0.3 is 0 Å². The van der Waals surface area contributed by atoms with E-state index in [0.717, 1.165) is 17.7 Å². The summed E-state index contributed by atoms with van der Waals surface area (Å²) < 4.78 is 0. The van der Waals surface area contributed by atoms with Crippen molar-refractivity contribution >= 4 is 35.2 Å². The number of carbonyl (C=O) groups is 5. The molecule has 30 heavy (non-hydrogen) atoms. The van der Waals surface area contributed by atoms with Gasteiger partial charge in [-0.25, -0.2) is 0 Å². The average molecular weight is 410 g/mol. The first-order valence-electron chi connectivity index (χ1n) is 10.3. The second-order valence-electron chi connectivity index (χ2n) is 8.16. The lowest BCUT2D eigenvalue weighted by atomic mass is 9.95. The smallest absolute Gasteiger partial charge is 0.267 e. The zero-order valence-corrected chi connectivity index (χ0v) is 16.4. The van der Waals surface area contributed by atoms with Gasteiger partial charge in [-0.1, -0.05) is 12.1 Å². The van der Waals surface area contributed by atoms with Crippen LogP contribution in [0.1, 0.15) is 48.9 Å². The third-order valence-corrected chi connectivity index (χ3v) is 6.35. The van der Waals surface area contributed by atoms with Crippen molar-refractivity contribution < 1.29 is 24.0 Å². The van der Waals surface area contributed by atoms with Crippen LogP contribution in [-0.4, -0.2) is 64.1 Å². The highest BCUT2D eigenvalue weighted by atomic mass is 16.2. The summed E-state index contributed by atoms with van der Waals surface area (Å²) in [6.07, 6.45) is 2.36. The molecule has 4 aliphatic rings. The highest BCUT2D eigenvalue weighted by Crippen LogP contribution is 2.48. The third-order valence-electron chi connectivity index (χ3n) is 6.35. The molecule has 5 amide bonds. The highest BCUT2D eigenvalue weighted by molar-refractivity contribution is 6.16. The minimum atomic E-state index is -1.40. The van der Waals surface area contributed by atoms with Gasteiger partial charge in [0.1, 0.15) is 0 Å². The average Bonchev–Trinajstić information content (AvgIpc) is 3.44. The Morgan fingerprint density at radius 1 is 1.00 bits per heavy atom. The van der Waals surface area contributed by atoms with Gasteiger partial charge in [0.2, 0.25) is 23.4 Å². The summed E-state index contributed by atoms with van der Waals surface area (Å²) in [6, 6.07) is 6.80. The van der Waals surface area contributed by atoms with Crippen molar-refractivity contribution in [2.45, 2.75) is 50.2 Å². The molecule has 0 spiro atoms. The number of carbonyl (C=O) groups excluding carboxylic acids is 5. The largest absolute Gasteiger partial charge is 0.351 e. The molecule has 156 valence electrons. The Morgan fingerprint density at radius 2 is 1.70 bits per heavy atom. The van der Waals surface area contributed by atoms with Crippen LogP contribution in [0.25, 0.3) is 0 Å². The maximum atomic E-state index is 13.5. The highest BCUT2D eigenvalue weighted by Gasteiger charge is 2.63. The second-order valence-corrected chi connectivity index (χ2v) is 8.16. The van der Waals surface area contributed by atoms with E-state index in [1.54, 1.807) is 29.2 Å². The zero-order chi connectivity index (χ0) is 21.0. The van der Waals surface area contributed by atoms with Crippen molar-refractivity contribution in [3.63, 3.8) is 0 Å². The first-order chi connectivity index (χ1) is 14.4. The molecule has 1 N–H and O–H groups in total. The first kappa shape index (κ1) is 18.8. The summed E-state index contributed by atoms with van der Waals surface area (Å²) >= 11 is 0. The molecular formula is C21H22N4O5. The Balaban J connectivity index is 1.46. The molecule has 5 rings (SSSR count). The van der Waals surface area contributed by atoms with E-state index in [4.69, 9.17) is 0 Å². The molecule has 2 saturated heterocycles. The number of para-hydroxylation sites is 1. The maximum Gasteiger partial charge on any atom is 0.267 e. The van der Waals surface area contributed by atoms with Crippen LogP contribution in [0.4, 0.5) is 5.69 Å². The molecule has 1 atom stereocenters. The fraction of sp³-hybridized carbons (Fsp3) is 0.476. The topological polar surface area (TPSA) is 107 Å². The normalized spacial score (nSPS) is 25.7. The number of rotatable bonds is 5. The predicted molar refractivity (Wildman–Crippen MR) is 104 cm³/mol. The summed E-state index contributed by atoms with van der Waals surface area (Å²) in [4.78, 5) is 67.5. The molecule has 1 saturated carbocycles. The number of likely N-dealkylation sites (tertiary alicyclic amines) is 1. The maximum absolute atomic E-state index is 13.5. The monoisotopic (exact) mass is 410 g/mol. The third kappa shape index (κ3) is 2.57. The van der Waals surface area contributed by atoms with Crippen LogP contribution < -0.4 is 10.2 Å². The molecule has 0 radical (unpaired) electrons. The summed E-state index contributed by atoms with van der Waals surface area (Å²) in [5.74, 6) is -1.36. The number of nitrogens with zero attached hydrogens (tertiary/aromatic N) is 3. The molecule has 3 aliphatic heterocycles. The van der Waals surface area contributed by atoms with Crippen molar-refractivity contribution in [1.82, 2.24) is 15.1 Å². The molecule has 0 unspecified atom stereocenters. The van der Waals surface area contributed by atoms with Gasteiger partial charge in [0.05, 0.1) is 11.3 Å². The molecule has 0 aromatic heterocycles. The van der Waals surface area contributed by atoms with Crippen molar-refractivity contribution in [2.24, 2.45) is 0 Å².